The van der Waals surface area contributed by atoms with Gasteiger partial charge in [-0.1, -0.05) is 53.9 Å². The van der Waals surface area contributed by atoms with Gasteiger partial charge in [-0.25, -0.2) is 0 Å². The Hall–Kier alpha value is 0. The summed E-state index contributed by atoms with van der Waals surface area (Å²) < 4.78 is 0. The van der Waals surface area contributed by atoms with Crippen molar-refractivity contribution in [2.45, 2.75) is 66.7 Å². The maximum absolute atomic E-state index is 2.47. The Morgan fingerprint density at radius 2 is 1.77 bits per heavy atom. The van der Waals surface area contributed by atoms with Crippen LogP contribution in [0, 0.1) is 17.8 Å². The van der Waals surface area contributed by atoms with Crippen LogP contribution in [0.2, 0.25) is 0 Å². The van der Waals surface area contributed by atoms with Crippen LogP contribution in [-0.2, 0) is 0 Å². The molecule has 0 aliphatic heterocycles. The highest BCUT2D eigenvalue weighted by atomic mass is 14.1. The third kappa shape index (κ3) is 9.92. The molecule has 1 unspecified atom stereocenters. The van der Waals surface area contributed by atoms with Gasteiger partial charge in [-0.3, -0.25) is 0 Å². The molecule has 13 heavy (non-hydrogen) atoms. The van der Waals surface area contributed by atoms with Crippen LogP contribution >= 0.6 is 0 Å². The summed E-state index contributed by atoms with van der Waals surface area (Å²) in [5, 5.41) is 0. The molecule has 0 nitrogen and oxygen atoms in total. The first-order valence-corrected chi connectivity index (χ1v) is 5.79. The van der Waals surface area contributed by atoms with E-state index in [0.717, 1.165) is 5.92 Å². The molecule has 0 rings (SSSR count). The fourth-order valence-electron chi connectivity index (χ4n) is 1.37. The Labute approximate surface area is 85.1 Å². The Morgan fingerprint density at radius 1 is 1.15 bits per heavy atom. The molecule has 0 saturated carbocycles. The monoisotopic (exact) mass is 183 g/mol. The number of rotatable bonds is 6. The lowest BCUT2D eigenvalue weighted by Crippen LogP contribution is -2.04. The largest absolute Gasteiger partial charge is 0.0651 e. The van der Waals surface area contributed by atoms with Crippen molar-refractivity contribution in [3.8, 4) is 0 Å². The van der Waals surface area contributed by atoms with Crippen LogP contribution in [0.25, 0.3) is 0 Å². The average Bonchev–Trinajstić information content (AvgIpc) is 2.01. The molecular weight excluding hydrogens is 156 g/mol. The fraction of sp³-hybridized carbons (Fsp3) is 0.923. The average molecular weight is 183 g/mol. The van der Waals surface area contributed by atoms with Crippen molar-refractivity contribution in [3.05, 3.63) is 6.42 Å². The second kappa shape index (κ2) is 6.45. The molecule has 0 aromatic carbocycles. The van der Waals surface area contributed by atoms with Crippen LogP contribution in [0.5, 0.6) is 0 Å². The summed E-state index contributed by atoms with van der Waals surface area (Å²) in [4.78, 5) is 0. The third-order valence-corrected chi connectivity index (χ3v) is 2.59. The van der Waals surface area contributed by atoms with Crippen molar-refractivity contribution in [2.75, 3.05) is 0 Å². The molecule has 0 spiro atoms. The molecule has 0 fully saturated rings. The molecule has 0 heterocycles. The maximum atomic E-state index is 2.47. The Kier molecular flexibility index (Phi) is 6.45. The minimum atomic E-state index is 0.524. The standard InChI is InChI=1S/C13H27/c1-6-12(2)10-8-7-9-11-13(3,4)5/h10,12H,6-9,11H2,1-5H3. The minimum absolute atomic E-state index is 0.524. The molecule has 0 bridgehead atoms. The molecule has 1 radical (unpaired) electrons. The normalized spacial score (nSPS) is 14.5. The summed E-state index contributed by atoms with van der Waals surface area (Å²) in [7, 11) is 0. The lowest BCUT2D eigenvalue weighted by molar-refractivity contribution is 0.359. The van der Waals surface area contributed by atoms with Crippen molar-refractivity contribution in [3.63, 3.8) is 0 Å². The van der Waals surface area contributed by atoms with E-state index in [1.54, 1.807) is 0 Å². The van der Waals surface area contributed by atoms with Crippen molar-refractivity contribution in [2.24, 2.45) is 11.3 Å². The van der Waals surface area contributed by atoms with Gasteiger partial charge < -0.3 is 0 Å². The van der Waals surface area contributed by atoms with Gasteiger partial charge in [0.25, 0.3) is 0 Å². The zero-order chi connectivity index (χ0) is 10.3. The molecule has 1 atom stereocenters. The Balaban J connectivity index is 3.18. The quantitative estimate of drug-likeness (QED) is 0.517. The van der Waals surface area contributed by atoms with Crippen molar-refractivity contribution in [1.82, 2.24) is 0 Å². The Bertz CT molecular complexity index is 108. The van der Waals surface area contributed by atoms with Crippen LogP contribution in [0.15, 0.2) is 0 Å². The molecule has 0 saturated heterocycles. The molecule has 0 aromatic rings. The summed E-state index contributed by atoms with van der Waals surface area (Å²) in [5.74, 6) is 0.814. The van der Waals surface area contributed by atoms with Crippen molar-refractivity contribution < 1.29 is 0 Å². The van der Waals surface area contributed by atoms with Crippen LogP contribution in [-0.4, -0.2) is 0 Å². The van der Waals surface area contributed by atoms with E-state index in [0.29, 0.717) is 5.41 Å². The zero-order valence-corrected chi connectivity index (χ0v) is 10.2. The van der Waals surface area contributed by atoms with Crippen LogP contribution in [0.4, 0.5) is 0 Å². The van der Waals surface area contributed by atoms with E-state index in [-0.39, 0.29) is 0 Å². The van der Waals surface area contributed by atoms with Gasteiger partial charge >= 0.3 is 0 Å². The molecule has 0 aliphatic carbocycles. The van der Waals surface area contributed by atoms with Gasteiger partial charge in [0.05, 0.1) is 0 Å². The lowest BCUT2D eigenvalue weighted by atomic mass is 9.89. The first-order valence-electron chi connectivity index (χ1n) is 5.79. The van der Waals surface area contributed by atoms with Gasteiger partial charge in [-0.05, 0) is 30.6 Å². The van der Waals surface area contributed by atoms with Gasteiger partial charge in [-0.15, -0.1) is 0 Å². The van der Waals surface area contributed by atoms with Gasteiger partial charge in [0.15, 0.2) is 0 Å². The minimum Gasteiger partial charge on any atom is -0.0651 e. The van der Waals surface area contributed by atoms with Gasteiger partial charge in [-0.2, -0.15) is 0 Å². The van der Waals surface area contributed by atoms with E-state index in [1.807, 2.05) is 0 Å². The first kappa shape index (κ1) is 13.0. The first-order chi connectivity index (χ1) is 5.95. The second-order valence-corrected chi connectivity index (χ2v) is 5.43. The predicted octanol–water partition coefficient (Wildman–Crippen LogP) is 4.84. The predicted molar refractivity (Wildman–Crippen MR) is 61.7 cm³/mol. The topological polar surface area (TPSA) is 0 Å². The molecule has 0 amide bonds. The summed E-state index contributed by atoms with van der Waals surface area (Å²) in [5.41, 5.74) is 0.524. The summed E-state index contributed by atoms with van der Waals surface area (Å²) in [6, 6.07) is 0. The number of unbranched alkanes of at least 4 members (excludes halogenated alkanes) is 2. The van der Waals surface area contributed by atoms with E-state index in [9.17, 15) is 0 Å². The molecule has 79 valence electrons. The summed E-state index contributed by atoms with van der Waals surface area (Å²) in [6.07, 6.45) is 9.20. The second-order valence-electron chi connectivity index (χ2n) is 5.43. The van der Waals surface area contributed by atoms with E-state index in [4.69, 9.17) is 0 Å². The third-order valence-electron chi connectivity index (χ3n) is 2.59. The van der Waals surface area contributed by atoms with Crippen molar-refractivity contribution >= 4 is 0 Å². The van der Waals surface area contributed by atoms with Crippen LogP contribution in [0.1, 0.15) is 66.7 Å². The van der Waals surface area contributed by atoms with Crippen LogP contribution < -0.4 is 0 Å². The molecule has 0 N–H and O–H groups in total. The molecule has 0 heteroatoms. The van der Waals surface area contributed by atoms with Gasteiger partial charge in [0.2, 0.25) is 0 Å². The van der Waals surface area contributed by atoms with Gasteiger partial charge in [0, 0.05) is 0 Å². The molecule has 0 aromatic heterocycles. The smallest absolute Gasteiger partial charge is 0.0358 e. The number of hydrogen-bond acceptors (Lipinski definition) is 0. The van der Waals surface area contributed by atoms with E-state index in [1.165, 1.54) is 32.1 Å². The zero-order valence-electron chi connectivity index (χ0n) is 10.2. The Morgan fingerprint density at radius 3 is 2.23 bits per heavy atom. The van der Waals surface area contributed by atoms with E-state index >= 15 is 0 Å². The maximum Gasteiger partial charge on any atom is -0.0358 e. The SMILES string of the molecule is CCC(C)[CH]CCCCC(C)(C)C. The lowest BCUT2D eigenvalue weighted by Gasteiger charge is -2.17. The summed E-state index contributed by atoms with van der Waals surface area (Å²) in [6.45, 7) is 11.5. The van der Waals surface area contributed by atoms with E-state index < -0.39 is 0 Å². The van der Waals surface area contributed by atoms with Crippen LogP contribution in [0.3, 0.4) is 0 Å². The van der Waals surface area contributed by atoms with Gasteiger partial charge in [0.1, 0.15) is 0 Å². The summed E-state index contributed by atoms with van der Waals surface area (Å²) >= 11 is 0. The van der Waals surface area contributed by atoms with Crippen molar-refractivity contribution in [1.29, 1.82) is 0 Å². The van der Waals surface area contributed by atoms with E-state index in [2.05, 4.69) is 41.0 Å². The molecular formula is C13H27. The molecule has 0 aliphatic rings. The highest BCUT2D eigenvalue weighted by Crippen LogP contribution is 2.22. The fourth-order valence-corrected chi connectivity index (χ4v) is 1.37. The highest BCUT2D eigenvalue weighted by Gasteiger charge is 2.08. The number of hydrogen-bond donors (Lipinski definition) is 0. The highest BCUT2D eigenvalue weighted by molar-refractivity contribution is 4.71.